The van der Waals surface area contributed by atoms with Gasteiger partial charge in [-0.1, -0.05) is 79.0 Å². The molecular weight excluding hydrogens is 574 g/mol. The summed E-state index contributed by atoms with van der Waals surface area (Å²) in [5.74, 6) is -0.435. The minimum absolute atomic E-state index is 0.0458. The molecule has 0 saturated heterocycles. The Kier molecular flexibility index (Phi) is 10.9. The Hall–Kier alpha value is -3.56. The molecule has 1 aliphatic carbocycles. The average Bonchev–Trinajstić information content (AvgIpc) is 3.47. The van der Waals surface area contributed by atoms with Gasteiger partial charge in [-0.05, 0) is 55.2 Å². The molecule has 1 atom stereocenters. The van der Waals surface area contributed by atoms with Crippen molar-refractivity contribution in [1.29, 1.82) is 0 Å². The molecule has 3 aromatic rings. The molecule has 2 amide bonds. The van der Waals surface area contributed by atoms with E-state index in [0.29, 0.717) is 17.4 Å². The highest BCUT2D eigenvalue weighted by Gasteiger charge is 2.34. The number of benzene rings is 3. The van der Waals surface area contributed by atoms with Gasteiger partial charge in [0.15, 0.2) is 0 Å². The lowest BCUT2D eigenvalue weighted by Gasteiger charge is -2.34. The molecule has 10 heteroatoms. The van der Waals surface area contributed by atoms with Crippen LogP contribution in [-0.4, -0.2) is 56.6 Å². The summed E-state index contributed by atoms with van der Waals surface area (Å²) in [7, 11) is -3.91. The van der Waals surface area contributed by atoms with Crippen molar-refractivity contribution in [1.82, 2.24) is 10.2 Å². The summed E-state index contributed by atoms with van der Waals surface area (Å²) >= 11 is 6.28. The monoisotopic (exact) mass is 611 g/mol. The van der Waals surface area contributed by atoms with Gasteiger partial charge >= 0.3 is 0 Å². The maximum Gasteiger partial charge on any atom is 0.244 e. The highest BCUT2D eigenvalue weighted by Crippen LogP contribution is 2.30. The van der Waals surface area contributed by atoms with Gasteiger partial charge in [0, 0.05) is 24.0 Å². The van der Waals surface area contributed by atoms with Crippen molar-refractivity contribution in [3.63, 3.8) is 0 Å². The lowest BCUT2D eigenvalue weighted by Crippen LogP contribution is -2.54. The SMILES string of the molecule is CCOc1ccccc1N(CC(=O)N(Cc1cccc(Cl)c1)C(Cc1ccccc1)C(=O)NC1CCCC1)S(C)(=O)=O. The van der Waals surface area contributed by atoms with Crippen molar-refractivity contribution in [3.05, 3.63) is 95.0 Å². The maximum atomic E-state index is 14.3. The molecule has 1 unspecified atom stereocenters. The smallest absolute Gasteiger partial charge is 0.244 e. The Morgan fingerprint density at radius 3 is 2.31 bits per heavy atom. The number of rotatable bonds is 13. The molecule has 42 heavy (non-hydrogen) atoms. The second-order valence-electron chi connectivity index (χ2n) is 10.5. The van der Waals surface area contributed by atoms with E-state index in [1.54, 1.807) is 49.4 Å². The van der Waals surface area contributed by atoms with Crippen LogP contribution in [0.1, 0.15) is 43.7 Å². The molecule has 1 fully saturated rings. The van der Waals surface area contributed by atoms with E-state index >= 15 is 0 Å². The molecule has 0 aliphatic heterocycles. The average molecular weight is 612 g/mol. The molecule has 4 rings (SSSR count). The number of halogens is 1. The first-order valence-corrected chi connectivity index (χ1v) is 16.5. The number of nitrogens with one attached hydrogen (secondary N) is 1. The second kappa shape index (κ2) is 14.6. The van der Waals surface area contributed by atoms with Crippen molar-refractivity contribution in [3.8, 4) is 5.75 Å². The van der Waals surface area contributed by atoms with Crippen LogP contribution in [0, 0.1) is 0 Å². The van der Waals surface area contributed by atoms with Gasteiger partial charge in [0.1, 0.15) is 18.3 Å². The predicted octanol–water partition coefficient (Wildman–Crippen LogP) is 5.20. The first-order valence-electron chi connectivity index (χ1n) is 14.2. The Morgan fingerprint density at radius 1 is 0.976 bits per heavy atom. The summed E-state index contributed by atoms with van der Waals surface area (Å²) < 4.78 is 32.9. The first kappa shape index (κ1) is 31.4. The molecule has 1 N–H and O–H groups in total. The van der Waals surface area contributed by atoms with Gasteiger partial charge in [-0.25, -0.2) is 8.42 Å². The van der Waals surface area contributed by atoms with E-state index < -0.39 is 28.5 Å². The van der Waals surface area contributed by atoms with Crippen LogP contribution in [0.15, 0.2) is 78.9 Å². The number of nitrogens with zero attached hydrogens (tertiary/aromatic N) is 2. The zero-order chi connectivity index (χ0) is 30.1. The van der Waals surface area contributed by atoms with Crippen LogP contribution < -0.4 is 14.4 Å². The number of amides is 2. The minimum atomic E-state index is -3.91. The van der Waals surface area contributed by atoms with Crippen molar-refractivity contribution < 1.29 is 22.7 Å². The lowest BCUT2D eigenvalue weighted by molar-refractivity contribution is -0.140. The molecule has 0 radical (unpaired) electrons. The van der Waals surface area contributed by atoms with Gasteiger partial charge in [-0.15, -0.1) is 0 Å². The van der Waals surface area contributed by atoms with E-state index in [2.05, 4.69) is 5.32 Å². The molecule has 0 spiro atoms. The number of carbonyl (C=O) groups excluding carboxylic acids is 2. The standard InChI is InChI=1S/C32H38ClN3O5S/c1-3-41-30-19-10-9-18-28(30)36(42(2,39)40)23-31(37)35(22-25-14-11-15-26(33)20-25)29(21-24-12-5-4-6-13-24)32(38)34-27-16-7-8-17-27/h4-6,9-15,18-20,27,29H,3,7-8,16-17,21-23H2,1-2H3,(H,34,38). The van der Waals surface area contributed by atoms with Crippen molar-refractivity contribution in [2.45, 2.75) is 57.7 Å². The van der Waals surface area contributed by atoms with E-state index in [-0.39, 0.29) is 30.6 Å². The van der Waals surface area contributed by atoms with Crippen LogP contribution in [0.2, 0.25) is 5.02 Å². The zero-order valence-corrected chi connectivity index (χ0v) is 25.6. The Balaban J connectivity index is 1.74. The lowest BCUT2D eigenvalue weighted by atomic mass is 10.0. The molecule has 1 aliphatic rings. The molecule has 0 heterocycles. The largest absolute Gasteiger partial charge is 0.492 e. The molecule has 3 aromatic carbocycles. The quantitative estimate of drug-likeness (QED) is 0.286. The topological polar surface area (TPSA) is 96.0 Å². The second-order valence-corrected chi connectivity index (χ2v) is 12.9. The van der Waals surface area contributed by atoms with Crippen LogP contribution in [0.5, 0.6) is 5.75 Å². The van der Waals surface area contributed by atoms with E-state index in [0.717, 1.165) is 47.4 Å². The summed E-state index contributed by atoms with van der Waals surface area (Å²) in [4.78, 5) is 29.7. The number of carbonyl (C=O) groups is 2. The van der Waals surface area contributed by atoms with E-state index in [4.69, 9.17) is 16.3 Å². The summed E-state index contributed by atoms with van der Waals surface area (Å²) in [5, 5.41) is 3.66. The molecule has 0 bridgehead atoms. The van der Waals surface area contributed by atoms with Crippen LogP contribution in [-0.2, 0) is 32.6 Å². The van der Waals surface area contributed by atoms with Crippen molar-refractivity contribution >= 4 is 39.1 Å². The highest BCUT2D eigenvalue weighted by molar-refractivity contribution is 7.92. The summed E-state index contributed by atoms with van der Waals surface area (Å²) in [6.07, 6.45) is 5.19. The molecule has 0 aromatic heterocycles. The van der Waals surface area contributed by atoms with E-state index in [9.17, 15) is 18.0 Å². The molecule has 8 nitrogen and oxygen atoms in total. The fourth-order valence-electron chi connectivity index (χ4n) is 5.29. The van der Waals surface area contributed by atoms with Crippen LogP contribution in [0.3, 0.4) is 0 Å². The van der Waals surface area contributed by atoms with Gasteiger partial charge in [0.2, 0.25) is 21.8 Å². The Morgan fingerprint density at radius 2 is 1.64 bits per heavy atom. The normalized spacial score (nSPS) is 14.3. The number of para-hydroxylation sites is 2. The summed E-state index contributed by atoms with van der Waals surface area (Å²) in [5.41, 5.74) is 1.87. The summed E-state index contributed by atoms with van der Waals surface area (Å²) in [6.45, 7) is 1.69. The molecular formula is C32H38ClN3O5S. The third kappa shape index (κ3) is 8.49. The van der Waals surface area contributed by atoms with Gasteiger partial charge in [0.25, 0.3) is 0 Å². The first-order chi connectivity index (χ1) is 20.2. The van der Waals surface area contributed by atoms with Gasteiger partial charge < -0.3 is 15.0 Å². The number of hydrogen-bond acceptors (Lipinski definition) is 5. The molecule has 1 saturated carbocycles. The van der Waals surface area contributed by atoms with Gasteiger partial charge in [-0.3, -0.25) is 13.9 Å². The number of sulfonamides is 1. The summed E-state index contributed by atoms with van der Waals surface area (Å²) in [6, 6.07) is 22.5. The van der Waals surface area contributed by atoms with E-state index in [1.807, 2.05) is 36.4 Å². The van der Waals surface area contributed by atoms with Crippen LogP contribution >= 0.6 is 11.6 Å². The number of hydrogen-bond donors (Lipinski definition) is 1. The number of ether oxygens (including phenoxy) is 1. The Labute approximate surface area is 253 Å². The predicted molar refractivity (Wildman–Crippen MR) is 166 cm³/mol. The third-order valence-corrected chi connectivity index (χ3v) is 8.69. The van der Waals surface area contributed by atoms with Gasteiger partial charge in [-0.2, -0.15) is 0 Å². The van der Waals surface area contributed by atoms with Crippen LogP contribution in [0.4, 0.5) is 5.69 Å². The fourth-order valence-corrected chi connectivity index (χ4v) is 6.35. The maximum absolute atomic E-state index is 14.3. The van der Waals surface area contributed by atoms with Crippen LogP contribution in [0.25, 0.3) is 0 Å². The van der Waals surface area contributed by atoms with E-state index in [1.165, 1.54) is 4.90 Å². The zero-order valence-electron chi connectivity index (χ0n) is 24.0. The Bertz CT molecular complexity index is 1460. The third-order valence-electron chi connectivity index (χ3n) is 7.33. The minimum Gasteiger partial charge on any atom is -0.492 e. The fraction of sp³-hybridized carbons (Fsp3) is 0.375. The highest BCUT2D eigenvalue weighted by atomic mass is 35.5. The van der Waals surface area contributed by atoms with Gasteiger partial charge in [0.05, 0.1) is 18.6 Å². The van der Waals surface area contributed by atoms with Crippen molar-refractivity contribution in [2.75, 3.05) is 23.7 Å². The number of anilines is 1. The molecule has 224 valence electrons. The van der Waals surface area contributed by atoms with Crippen molar-refractivity contribution in [2.24, 2.45) is 0 Å².